The molecule has 0 N–H and O–H groups in total. The number of carbonyl (C=O) groups excluding carboxylic acids is 2. The monoisotopic (exact) mass is 210 g/mol. The molecular formula is C12H18O3. The molecule has 0 aromatic rings. The van der Waals surface area contributed by atoms with E-state index in [4.69, 9.17) is 0 Å². The van der Waals surface area contributed by atoms with Crippen LogP contribution < -0.4 is 0 Å². The lowest BCUT2D eigenvalue weighted by Gasteiger charge is -2.20. The van der Waals surface area contributed by atoms with E-state index < -0.39 is 0 Å². The van der Waals surface area contributed by atoms with Crippen molar-refractivity contribution >= 4 is 11.8 Å². The van der Waals surface area contributed by atoms with Gasteiger partial charge in [-0.05, 0) is 31.8 Å². The van der Waals surface area contributed by atoms with E-state index in [9.17, 15) is 9.59 Å². The van der Waals surface area contributed by atoms with E-state index in [1.807, 2.05) is 19.9 Å². The Morgan fingerprint density at radius 3 is 2.73 bits per heavy atom. The summed E-state index contributed by atoms with van der Waals surface area (Å²) in [6, 6.07) is 0. The Morgan fingerprint density at radius 1 is 1.60 bits per heavy atom. The lowest BCUT2D eigenvalue weighted by atomic mass is 9.82. The molecule has 1 fully saturated rings. The highest BCUT2D eigenvalue weighted by Crippen LogP contribution is 2.41. The molecule has 0 amide bonds. The molecule has 1 aliphatic carbocycles. The van der Waals surface area contributed by atoms with Gasteiger partial charge >= 0.3 is 5.97 Å². The molecule has 0 spiro atoms. The van der Waals surface area contributed by atoms with Gasteiger partial charge in [0.15, 0.2) is 5.78 Å². The minimum atomic E-state index is -0.351. The Bertz CT molecular complexity index is 304. The van der Waals surface area contributed by atoms with Crippen LogP contribution in [0.15, 0.2) is 11.6 Å². The smallest absolute Gasteiger partial charge is 0.305 e. The van der Waals surface area contributed by atoms with Crippen molar-refractivity contribution in [3.05, 3.63) is 11.6 Å². The zero-order chi connectivity index (χ0) is 11.5. The Kier molecular flexibility index (Phi) is 3.66. The zero-order valence-electron chi connectivity index (χ0n) is 9.63. The molecule has 1 atom stereocenters. The van der Waals surface area contributed by atoms with Crippen molar-refractivity contribution in [2.75, 3.05) is 7.11 Å². The number of Topliss-reactive ketones (excluding diaryl/α,β-unsaturated/α-hetero) is 1. The van der Waals surface area contributed by atoms with E-state index in [0.717, 1.165) is 18.4 Å². The van der Waals surface area contributed by atoms with Crippen LogP contribution in [0.1, 0.15) is 39.5 Å². The maximum Gasteiger partial charge on any atom is 0.305 e. The largest absolute Gasteiger partial charge is 0.469 e. The Hall–Kier alpha value is -1.12. The van der Waals surface area contributed by atoms with Gasteiger partial charge in [0, 0.05) is 11.8 Å². The predicted molar refractivity (Wildman–Crippen MR) is 57.4 cm³/mol. The fourth-order valence-corrected chi connectivity index (χ4v) is 2.02. The summed E-state index contributed by atoms with van der Waals surface area (Å²) in [5.41, 5.74) is 0.554. The minimum Gasteiger partial charge on any atom is -0.469 e. The van der Waals surface area contributed by atoms with Gasteiger partial charge in [-0.15, -0.1) is 0 Å². The number of carbonyl (C=O) groups is 2. The van der Waals surface area contributed by atoms with Crippen molar-refractivity contribution in [1.29, 1.82) is 0 Å². The first-order valence-corrected chi connectivity index (χ1v) is 5.30. The van der Waals surface area contributed by atoms with Crippen LogP contribution in [0.25, 0.3) is 0 Å². The van der Waals surface area contributed by atoms with Crippen molar-refractivity contribution in [3.8, 4) is 0 Å². The van der Waals surface area contributed by atoms with Crippen LogP contribution in [0.5, 0.6) is 0 Å². The Balaban J connectivity index is 2.61. The molecule has 0 aliphatic heterocycles. The van der Waals surface area contributed by atoms with Crippen LogP contribution in [0.4, 0.5) is 0 Å². The van der Waals surface area contributed by atoms with Gasteiger partial charge in [0.25, 0.3) is 0 Å². The summed E-state index contributed by atoms with van der Waals surface area (Å²) in [5, 5.41) is 0. The molecule has 0 aromatic heterocycles. The summed E-state index contributed by atoms with van der Waals surface area (Å²) < 4.78 is 4.58. The first-order chi connectivity index (χ1) is 7.03. The molecule has 0 unspecified atom stereocenters. The van der Waals surface area contributed by atoms with Crippen molar-refractivity contribution in [2.45, 2.75) is 39.5 Å². The second kappa shape index (κ2) is 4.60. The van der Waals surface area contributed by atoms with Gasteiger partial charge in [0.1, 0.15) is 0 Å². The second-order valence-corrected chi connectivity index (χ2v) is 4.28. The van der Waals surface area contributed by atoms with Crippen LogP contribution >= 0.6 is 0 Å². The third kappa shape index (κ3) is 2.46. The second-order valence-electron chi connectivity index (χ2n) is 4.28. The van der Waals surface area contributed by atoms with Gasteiger partial charge in [0.05, 0.1) is 7.11 Å². The van der Waals surface area contributed by atoms with Gasteiger partial charge in [0.2, 0.25) is 0 Å². The maximum absolute atomic E-state index is 11.9. The first-order valence-electron chi connectivity index (χ1n) is 5.30. The lowest BCUT2D eigenvalue weighted by Crippen LogP contribution is -2.23. The van der Waals surface area contributed by atoms with Gasteiger partial charge in [-0.3, -0.25) is 9.59 Å². The predicted octanol–water partition coefficient (Wildman–Crippen LogP) is 2.26. The van der Waals surface area contributed by atoms with Gasteiger partial charge in [-0.1, -0.05) is 13.0 Å². The fraction of sp³-hybridized carbons (Fsp3) is 0.667. The van der Waals surface area contributed by atoms with E-state index in [1.165, 1.54) is 7.11 Å². The molecule has 0 saturated heterocycles. The van der Waals surface area contributed by atoms with Gasteiger partial charge in [-0.25, -0.2) is 0 Å². The number of ether oxygens (including phenoxy) is 1. The maximum atomic E-state index is 11.9. The molecule has 1 rings (SSSR count). The molecule has 84 valence electrons. The molecule has 0 heterocycles. The summed E-state index contributed by atoms with van der Waals surface area (Å²) >= 11 is 0. The van der Waals surface area contributed by atoms with E-state index in [-0.39, 0.29) is 17.2 Å². The number of rotatable bonds is 3. The molecule has 1 saturated carbocycles. The van der Waals surface area contributed by atoms with E-state index in [0.29, 0.717) is 12.8 Å². The molecular weight excluding hydrogens is 192 g/mol. The van der Waals surface area contributed by atoms with Gasteiger partial charge < -0.3 is 4.74 Å². The third-order valence-electron chi connectivity index (χ3n) is 3.24. The summed E-state index contributed by atoms with van der Waals surface area (Å²) in [7, 11) is 1.37. The van der Waals surface area contributed by atoms with Crippen molar-refractivity contribution in [1.82, 2.24) is 0 Å². The molecule has 1 aliphatic rings. The van der Waals surface area contributed by atoms with Crippen LogP contribution in [-0.4, -0.2) is 18.9 Å². The number of methoxy groups -OCH3 is 1. The quantitative estimate of drug-likeness (QED) is 0.530. The normalized spacial score (nSPS) is 28.5. The van der Waals surface area contributed by atoms with Crippen LogP contribution in [0, 0.1) is 5.41 Å². The summed E-state index contributed by atoms with van der Waals surface area (Å²) in [5.74, 6) is -0.0353. The fourth-order valence-electron chi connectivity index (χ4n) is 2.02. The Labute approximate surface area is 90.5 Å². The average Bonchev–Trinajstić information content (AvgIpc) is 2.53. The van der Waals surface area contributed by atoms with Crippen molar-refractivity contribution in [3.63, 3.8) is 0 Å². The van der Waals surface area contributed by atoms with Crippen molar-refractivity contribution in [2.24, 2.45) is 5.41 Å². The highest BCUT2D eigenvalue weighted by molar-refractivity contribution is 6.01. The molecule has 0 radical (unpaired) electrons. The standard InChI is InChI=1S/C12H18O3/c1-4-9-5-7-12(2,11(9)14)8-6-10(13)15-3/h4H,5-8H2,1-3H3/b9-4+/t12-/m1/s1. The number of hydrogen-bond donors (Lipinski definition) is 0. The van der Waals surface area contributed by atoms with E-state index >= 15 is 0 Å². The van der Waals surface area contributed by atoms with E-state index in [2.05, 4.69) is 4.74 Å². The van der Waals surface area contributed by atoms with Gasteiger partial charge in [-0.2, -0.15) is 0 Å². The number of esters is 1. The summed E-state index contributed by atoms with van der Waals surface area (Å²) in [4.78, 5) is 23.0. The summed E-state index contributed by atoms with van der Waals surface area (Å²) in [6.45, 7) is 3.83. The van der Waals surface area contributed by atoms with Crippen LogP contribution in [0.3, 0.4) is 0 Å². The first kappa shape index (κ1) is 12.0. The average molecular weight is 210 g/mol. The summed E-state index contributed by atoms with van der Waals surface area (Å²) in [6.07, 6.45) is 4.49. The minimum absolute atomic E-state index is 0.203. The number of hydrogen-bond acceptors (Lipinski definition) is 3. The number of ketones is 1. The molecule has 3 nitrogen and oxygen atoms in total. The van der Waals surface area contributed by atoms with Crippen LogP contribution in [0.2, 0.25) is 0 Å². The van der Waals surface area contributed by atoms with Crippen LogP contribution in [-0.2, 0) is 14.3 Å². The van der Waals surface area contributed by atoms with E-state index in [1.54, 1.807) is 0 Å². The highest BCUT2D eigenvalue weighted by Gasteiger charge is 2.40. The third-order valence-corrected chi connectivity index (χ3v) is 3.24. The topological polar surface area (TPSA) is 43.4 Å². The SMILES string of the molecule is C/C=C1\CC[C@](C)(CCC(=O)OC)C1=O. The molecule has 0 aromatic carbocycles. The highest BCUT2D eigenvalue weighted by atomic mass is 16.5. The number of allylic oxidation sites excluding steroid dienone is 2. The molecule has 0 bridgehead atoms. The lowest BCUT2D eigenvalue weighted by molar-refractivity contribution is -0.141. The molecule has 15 heavy (non-hydrogen) atoms. The Morgan fingerprint density at radius 2 is 2.27 bits per heavy atom. The molecule has 3 heteroatoms. The zero-order valence-corrected chi connectivity index (χ0v) is 9.63. The van der Waals surface area contributed by atoms with Crippen molar-refractivity contribution < 1.29 is 14.3 Å².